The van der Waals surface area contributed by atoms with E-state index in [2.05, 4.69) is 5.32 Å². The molecule has 0 saturated heterocycles. The van der Waals surface area contributed by atoms with Crippen LogP contribution in [0.3, 0.4) is 0 Å². The van der Waals surface area contributed by atoms with Crippen molar-refractivity contribution in [1.29, 1.82) is 0 Å². The Hall–Kier alpha value is -1.49. The normalized spacial score (nSPS) is 10.9. The third-order valence-electron chi connectivity index (χ3n) is 2.07. The second kappa shape index (κ2) is 7.19. The van der Waals surface area contributed by atoms with Crippen molar-refractivity contribution in [2.45, 2.75) is 31.3 Å². The summed E-state index contributed by atoms with van der Waals surface area (Å²) < 4.78 is 5.12. The molecule has 1 rings (SSSR count). The van der Waals surface area contributed by atoms with Gasteiger partial charge in [-0.15, -0.1) is 11.8 Å². The average molecular weight is 281 g/mol. The summed E-state index contributed by atoms with van der Waals surface area (Å²) in [6, 6.07) is 7.38. The van der Waals surface area contributed by atoms with Crippen molar-refractivity contribution < 1.29 is 14.3 Å². The van der Waals surface area contributed by atoms with E-state index < -0.39 is 11.7 Å². The Labute approximate surface area is 117 Å². The predicted molar refractivity (Wildman–Crippen MR) is 76.8 cm³/mol. The number of hydrogen-bond donors (Lipinski definition) is 1. The fourth-order valence-corrected chi connectivity index (χ4v) is 2.22. The number of carbonyl (C=O) groups is 2. The van der Waals surface area contributed by atoms with E-state index >= 15 is 0 Å². The van der Waals surface area contributed by atoms with Gasteiger partial charge in [0, 0.05) is 22.8 Å². The maximum atomic E-state index is 11.4. The van der Waals surface area contributed by atoms with Gasteiger partial charge in [-0.2, -0.15) is 0 Å². The number of aldehydes is 1. The lowest BCUT2D eigenvalue weighted by Gasteiger charge is -2.19. The number of thioether (sulfide) groups is 1. The topological polar surface area (TPSA) is 55.4 Å². The van der Waals surface area contributed by atoms with Crippen molar-refractivity contribution in [3.8, 4) is 0 Å². The quantitative estimate of drug-likeness (QED) is 0.512. The monoisotopic (exact) mass is 281 g/mol. The van der Waals surface area contributed by atoms with E-state index in [0.29, 0.717) is 17.9 Å². The highest BCUT2D eigenvalue weighted by molar-refractivity contribution is 7.99. The lowest BCUT2D eigenvalue weighted by Crippen LogP contribution is -2.33. The molecule has 0 radical (unpaired) electrons. The maximum Gasteiger partial charge on any atom is 0.407 e. The molecule has 1 N–H and O–H groups in total. The largest absolute Gasteiger partial charge is 0.444 e. The van der Waals surface area contributed by atoms with Crippen LogP contribution in [0, 0.1) is 0 Å². The first-order valence-electron chi connectivity index (χ1n) is 6.06. The molecule has 0 atom stereocenters. The van der Waals surface area contributed by atoms with E-state index in [1.54, 1.807) is 6.07 Å². The highest BCUT2D eigenvalue weighted by Crippen LogP contribution is 2.20. The Morgan fingerprint density at radius 2 is 2.05 bits per heavy atom. The van der Waals surface area contributed by atoms with Gasteiger partial charge in [-0.05, 0) is 26.8 Å². The van der Waals surface area contributed by atoms with Crippen LogP contribution in [-0.2, 0) is 4.74 Å². The number of rotatable bonds is 5. The van der Waals surface area contributed by atoms with E-state index in [4.69, 9.17) is 4.74 Å². The number of carbonyl (C=O) groups excluding carboxylic acids is 2. The summed E-state index contributed by atoms with van der Waals surface area (Å²) in [7, 11) is 0. The van der Waals surface area contributed by atoms with E-state index in [9.17, 15) is 9.59 Å². The van der Waals surface area contributed by atoms with Crippen molar-refractivity contribution in [2.24, 2.45) is 0 Å². The molecule has 19 heavy (non-hydrogen) atoms. The summed E-state index contributed by atoms with van der Waals surface area (Å²) in [6.07, 6.45) is 0.417. The van der Waals surface area contributed by atoms with Crippen LogP contribution in [-0.4, -0.2) is 30.3 Å². The molecule has 0 aliphatic heterocycles. The average Bonchev–Trinajstić information content (AvgIpc) is 2.33. The van der Waals surface area contributed by atoms with Crippen molar-refractivity contribution in [1.82, 2.24) is 5.32 Å². The molecule has 0 aliphatic rings. The standard InChI is InChI=1S/C14H19NO3S/c1-14(2,3)18-13(17)15-8-9-19-12-7-5-4-6-11(12)10-16/h4-7,10H,8-9H2,1-3H3,(H,15,17). The van der Waals surface area contributed by atoms with Gasteiger partial charge in [0.2, 0.25) is 0 Å². The second-order valence-electron chi connectivity index (χ2n) is 4.93. The van der Waals surface area contributed by atoms with Crippen molar-refractivity contribution in [2.75, 3.05) is 12.3 Å². The molecule has 0 unspecified atom stereocenters. The second-order valence-corrected chi connectivity index (χ2v) is 6.07. The van der Waals surface area contributed by atoms with Crippen LogP contribution in [0.1, 0.15) is 31.1 Å². The summed E-state index contributed by atoms with van der Waals surface area (Å²) in [5.74, 6) is 0.685. The predicted octanol–water partition coefficient (Wildman–Crippen LogP) is 3.12. The molecule has 0 aromatic heterocycles. The highest BCUT2D eigenvalue weighted by atomic mass is 32.2. The van der Waals surface area contributed by atoms with Gasteiger partial charge in [0.05, 0.1) is 0 Å². The molecular formula is C14H19NO3S. The maximum absolute atomic E-state index is 11.4. The van der Waals surface area contributed by atoms with E-state index in [-0.39, 0.29) is 0 Å². The highest BCUT2D eigenvalue weighted by Gasteiger charge is 2.15. The lowest BCUT2D eigenvalue weighted by atomic mass is 10.2. The summed E-state index contributed by atoms with van der Waals surface area (Å²) in [5, 5.41) is 2.68. The molecule has 0 saturated carbocycles. The molecule has 0 heterocycles. The Morgan fingerprint density at radius 3 is 2.68 bits per heavy atom. The van der Waals surface area contributed by atoms with Gasteiger partial charge in [0.15, 0.2) is 6.29 Å². The lowest BCUT2D eigenvalue weighted by molar-refractivity contribution is 0.0531. The third kappa shape index (κ3) is 6.29. The molecule has 0 aliphatic carbocycles. The Morgan fingerprint density at radius 1 is 1.37 bits per heavy atom. The summed E-state index contributed by atoms with van der Waals surface area (Å²) in [5.41, 5.74) is 0.186. The molecule has 0 bridgehead atoms. The van der Waals surface area contributed by atoms with Crippen LogP contribution in [0.4, 0.5) is 4.79 Å². The fourth-order valence-electron chi connectivity index (χ4n) is 1.34. The van der Waals surface area contributed by atoms with Gasteiger partial charge in [-0.25, -0.2) is 4.79 Å². The van der Waals surface area contributed by atoms with Crippen molar-refractivity contribution in [3.63, 3.8) is 0 Å². The zero-order chi connectivity index (χ0) is 14.3. The Kier molecular flexibility index (Phi) is 5.89. The number of ether oxygens (including phenoxy) is 1. The molecule has 104 valence electrons. The molecule has 0 spiro atoms. The molecular weight excluding hydrogens is 262 g/mol. The first-order valence-corrected chi connectivity index (χ1v) is 7.05. The van der Waals surface area contributed by atoms with E-state index in [1.165, 1.54) is 11.8 Å². The van der Waals surface area contributed by atoms with Crippen LogP contribution in [0.25, 0.3) is 0 Å². The fraction of sp³-hybridized carbons (Fsp3) is 0.429. The number of hydrogen-bond acceptors (Lipinski definition) is 4. The minimum absolute atomic E-state index is 0.420. The van der Waals surface area contributed by atoms with E-state index in [0.717, 1.165) is 11.2 Å². The third-order valence-corrected chi connectivity index (χ3v) is 3.16. The molecule has 0 fully saturated rings. The molecule has 1 aromatic carbocycles. The number of amides is 1. The first-order chi connectivity index (χ1) is 8.92. The Bertz CT molecular complexity index is 441. The number of alkyl carbamates (subject to hydrolysis) is 1. The van der Waals surface area contributed by atoms with Gasteiger partial charge < -0.3 is 10.1 Å². The zero-order valence-corrected chi connectivity index (χ0v) is 12.3. The Balaban J connectivity index is 2.31. The minimum atomic E-state index is -0.485. The summed E-state index contributed by atoms with van der Waals surface area (Å²) in [6.45, 7) is 5.96. The van der Waals surface area contributed by atoms with Crippen LogP contribution in [0.2, 0.25) is 0 Å². The smallest absolute Gasteiger partial charge is 0.407 e. The SMILES string of the molecule is CC(C)(C)OC(=O)NCCSc1ccccc1C=O. The van der Waals surface area contributed by atoms with Gasteiger partial charge in [0.1, 0.15) is 5.60 Å². The van der Waals surface area contributed by atoms with Gasteiger partial charge in [-0.1, -0.05) is 18.2 Å². The van der Waals surface area contributed by atoms with Crippen molar-refractivity contribution in [3.05, 3.63) is 29.8 Å². The number of nitrogens with one attached hydrogen (secondary N) is 1. The summed E-state index contributed by atoms with van der Waals surface area (Å²) >= 11 is 1.53. The van der Waals surface area contributed by atoms with Crippen LogP contribution in [0.15, 0.2) is 29.2 Å². The molecule has 5 heteroatoms. The van der Waals surface area contributed by atoms with Crippen LogP contribution >= 0.6 is 11.8 Å². The molecule has 1 aromatic rings. The van der Waals surface area contributed by atoms with Crippen LogP contribution < -0.4 is 5.32 Å². The molecule has 4 nitrogen and oxygen atoms in total. The van der Waals surface area contributed by atoms with Gasteiger partial charge in [0.25, 0.3) is 0 Å². The summed E-state index contributed by atoms with van der Waals surface area (Å²) in [4.78, 5) is 23.1. The van der Waals surface area contributed by atoms with Crippen LogP contribution in [0.5, 0.6) is 0 Å². The first kappa shape index (κ1) is 15.6. The zero-order valence-electron chi connectivity index (χ0n) is 11.4. The van der Waals surface area contributed by atoms with Gasteiger partial charge in [-0.3, -0.25) is 4.79 Å². The van der Waals surface area contributed by atoms with Crippen molar-refractivity contribution >= 4 is 24.1 Å². The van der Waals surface area contributed by atoms with E-state index in [1.807, 2.05) is 39.0 Å². The van der Waals surface area contributed by atoms with Gasteiger partial charge >= 0.3 is 6.09 Å². The number of benzene rings is 1. The minimum Gasteiger partial charge on any atom is -0.444 e. The molecule has 1 amide bonds.